The lowest BCUT2D eigenvalue weighted by Gasteiger charge is -2.33. The van der Waals surface area contributed by atoms with Crippen LogP contribution in [0.2, 0.25) is 0 Å². The van der Waals surface area contributed by atoms with E-state index in [0.29, 0.717) is 5.41 Å². The molecule has 0 atom stereocenters. The van der Waals surface area contributed by atoms with Crippen LogP contribution in [0, 0.1) is 5.41 Å². The first-order chi connectivity index (χ1) is 4.91. The van der Waals surface area contributed by atoms with Gasteiger partial charge in [-0.1, -0.05) is 12.8 Å². The summed E-state index contributed by atoms with van der Waals surface area (Å²) in [5, 5.41) is 3.30. The summed E-state index contributed by atoms with van der Waals surface area (Å²) in [6.45, 7) is 2.95. The second-order valence-electron chi connectivity index (χ2n) is 3.63. The number of rotatable bonds is 0. The van der Waals surface area contributed by atoms with E-state index in [2.05, 4.69) is 5.32 Å². The molecule has 2 fully saturated rings. The van der Waals surface area contributed by atoms with Crippen molar-refractivity contribution in [2.24, 2.45) is 5.41 Å². The zero-order chi connectivity index (χ0) is 6.86. The van der Waals surface area contributed by atoms with E-state index >= 15 is 0 Å². The molecule has 1 heterocycles. The third kappa shape index (κ3) is 1.06. The lowest BCUT2D eigenvalue weighted by molar-refractivity contribution is -0.00796. The summed E-state index contributed by atoms with van der Waals surface area (Å²) in [6.07, 6.45) is 5.57. The number of hydrogen-bond acceptors (Lipinski definition) is 2. The highest BCUT2D eigenvalue weighted by Gasteiger charge is 2.35. The van der Waals surface area contributed by atoms with Gasteiger partial charge >= 0.3 is 0 Å². The van der Waals surface area contributed by atoms with Crippen LogP contribution >= 0.6 is 0 Å². The maximum atomic E-state index is 5.40. The van der Waals surface area contributed by atoms with Crippen molar-refractivity contribution in [2.45, 2.75) is 25.7 Å². The maximum absolute atomic E-state index is 5.40. The van der Waals surface area contributed by atoms with Crippen LogP contribution < -0.4 is 5.32 Å². The predicted molar refractivity (Wildman–Crippen MR) is 39.7 cm³/mol. The summed E-state index contributed by atoms with van der Waals surface area (Å²) in [4.78, 5) is 0. The highest BCUT2D eigenvalue weighted by molar-refractivity contribution is 4.87. The van der Waals surface area contributed by atoms with E-state index < -0.39 is 0 Å². The molecular formula is C8H15NO. The largest absolute Gasteiger partial charge is 0.366 e. The van der Waals surface area contributed by atoms with E-state index in [9.17, 15) is 0 Å². The van der Waals surface area contributed by atoms with Crippen LogP contribution in [0.1, 0.15) is 25.7 Å². The quantitative estimate of drug-likeness (QED) is 0.546. The molecule has 0 aromatic heterocycles. The first kappa shape index (κ1) is 6.62. The van der Waals surface area contributed by atoms with Gasteiger partial charge in [-0.25, -0.2) is 0 Å². The first-order valence-corrected chi connectivity index (χ1v) is 4.20. The summed E-state index contributed by atoms with van der Waals surface area (Å²) >= 11 is 0. The molecule has 1 spiro atoms. The number of hydrogen-bond donors (Lipinski definition) is 1. The molecule has 58 valence electrons. The van der Waals surface area contributed by atoms with Crippen LogP contribution in [0.5, 0.6) is 0 Å². The molecule has 1 aliphatic carbocycles. The third-order valence-corrected chi connectivity index (χ3v) is 2.78. The molecule has 0 aromatic carbocycles. The average molecular weight is 141 g/mol. The molecule has 0 unspecified atom stereocenters. The molecule has 0 aromatic rings. The minimum atomic E-state index is 0.540. The van der Waals surface area contributed by atoms with Crippen LogP contribution in [0.15, 0.2) is 0 Å². The Morgan fingerprint density at radius 2 is 2.00 bits per heavy atom. The van der Waals surface area contributed by atoms with Gasteiger partial charge in [-0.05, 0) is 12.8 Å². The molecule has 2 heteroatoms. The second-order valence-corrected chi connectivity index (χ2v) is 3.63. The Bertz CT molecular complexity index is 110. The van der Waals surface area contributed by atoms with E-state index in [4.69, 9.17) is 4.74 Å². The smallest absolute Gasteiger partial charge is 0.0965 e. The molecule has 0 bridgehead atoms. The van der Waals surface area contributed by atoms with Crippen LogP contribution in [-0.2, 0) is 4.74 Å². The van der Waals surface area contributed by atoms with Gasteiger partial charge in [-0.3, -0.25) is 5.32 Å². The summed E-state index contributed by atoms with van der Waals surface area (Å²) in [5.41, 5.74) is 0.540. The summed E-state index contributed by atoms with van der Waals surface area (Å²) in [5.74, 6) is 0. The van der Waals surface area contributed by atoms with Crippen molar-refractivity contribution in [1.29, 1.82) is 0 Å². The Morgan fingerprint density at radius 3 is 2.60 bits per heavy atom. The Morgan fingerprint density at radius 1 is 1.20 bits per heavy atom. The first-order valence-electron chi connectivity index (χ1n) is 4.20. The molecule has 1 saturated carbocycles. The fourth-order valence-corrected chi connectivity index (χ4v) is 2.15. The molecule has 10 heavy (non-hydrogen) atoms. The summed E-state index contributed by atoms with van der Waals surface area (Å²) < 4.78 is 5.40. The van der Waals surface area contributed by atoms with Crippen molar-refractivity contribution in [3.63, 3.8) is 0 Å². The van der Waals surface area contributed by atoms with Gasteiger partial charge in [0, 0.05) is 12.0 Å². The van der Waals surface area contributed by atoms with Gasteiger partial charge in [-0.15, -0.1) is 0 Å². The van der Waals surface area contributed by atoms with Crippen molar-refractivity contribution >= 4 is 0 Å². The van der Waals surface area contributed by atoms with Gasteiger partial charge in [0.05, 0.1) is 13.3 Å². The van der Waals surface area contributed by atoms with Crippen LogP contribution in [0.25, 0.3) is 0 Å². The monoisotopic (exact) mass is 141 g/mol. The third-order valence-electron chi connectivity index (χ3n) is 2.78. The Balaban J connectivity index is 1.98. The van der Waals surface area contributed by atoms with Crippen molar-refractivity contribution in [2.75, 3.05) is 19.9 Å². The minimum absolute atomic E-state index is 0.540. The standard InChI is InChI=1S/C8H15NO/c1-2-4-8(3-1)5-9-7-10-6-8/h9H,1-7H2. The van der Waals surface area contributed by atoms with E-state index in [1.54, 1.807) is 0 Å². The highest BCUT2D eigenvalue weighted by Crippen LogP contribution is 2.38. The van der Waals surface area contributed by atoms with Crippen molar-refractivity contribution in [3.8, 4) is 0 Å². The van der Waals surface area contributed by atoms with Crippen LogP contribution in [0.3, 0.4) is 0 Å². The molecule has 1 aliphatic heterocycles. The van der Waals surface area contributed by atoms with E-state index in [1.165, 1.54) is 32.2 Å². The lowest BCUT2D eigenvalue weighted by Crippen LogP contribution is -2.42. The molecule has 2 nitrogen and oxygen atoms in total. The highest BCUT2D eigenvalue weighted by atomic mass is 16.5. The van der Waals surface area contributed by atoms with Crippen LogP contribution in [-0.4, -0.2) is 19.9 Å². The molecule has 1 saturated heterocycles. The Hall–Kier alpha value is -0.0800. The Kier molecular flexibility index (Phi) is 1.66. The molecule has 0 amide bonds. The van der Waals surface area contributed by atoms with E-state index in [1.807, 2.05) is 0 Å². The molecule has 0 radical (unpaired) electrons. The fourth-order valence-electron chi connectivity index (χ4n) is 2.15. The van der Waals surface area contributed by atoms with E-state index in [-0.39, 0.29) is 0 Å². The topological polar surface area (TPSA) is 21.3 Å². The normalized spacial score (nSPS) is 31.2. The van der Waals surface area contributed by atoms with Gasteiger partial charge in [0.25, 0.3) is 0 Å². The Labute approximate surface area is 61.9 Å². The maximum Gasteiger partial charge on any atom is 0.0965 e. The SMILES string of the molecule is C1CCC2(C1)CNCOC2. The van der Waals surface area contributed by atoms with Gasteiger partial charge in [-0.2, -0.15) is 0 Å². The van der Waals surface area contributed by atoms with Gasteiger partial charge in [0.2, 0.25) is 0 Å². The van der Waals surface area contributed by atoms with Crippen LogP contribution in [0.4, 0.5) is 0 Å². The molecular weight excluding hydrogens is 126 g/mol. The predicted octanol–water partition coefficient (Wildman–Crippen LogP) is 1.12. The number of ether oxygens (including phenoxy) is 1. The minimum Gasteiger partial charge on any atom is -0.366 e. The van der Waals surface area contributed by atoms with E-state index in [0.717, 1.165) is 13.3 Å². The number of nitrogens with one attached hydrogen (secondary N) is 1. The van der Waals surface area contributed by atoms with Gasteiger partial charge in [0.1, 0.15) is 0 Å². The zero-order valence-electron chi connectivity index (χ0n) is 6.36. The molecule has 2 aliphatic rings. The van der Waals surface area contributed by atoms with Crippen molar-refractivity contribution < 1.29 is 4.74 Å². The van der Waals surface area contributed by atoms with Gasteiger partial charge < -0.3 is 4.74 Å². The average Bonchev–Trinajstić information content (AvgIpc) is 2.39. The fraction of sp³-hybridized carbons (Fsp3) is 1.00. The summed E-state index contributed by atoms with van der Waals surface area (Å²) in [7, 11) is 0. The zero-order valence-corrected chi connectivity index (χ0v) is 6.36. The van der Waals surface area contributed by atoms with Crippen molar-refractivity contribution in [1.82, 2.24) is 5.32 Å². The lowest BCUT2D eigenvalue weighted by atomic mass is 9.87. The summed E-state index contributed by atoms with van der Waals surface area (Å²) in [6, 6.07) is 0. The molecule has 2 rings (SSSR count). The van der Waals surface area contributed by atoms with Gasteiger partial charge in [0.15, 0.2) is 0 Å². The van der Waals surface area contributed by atoms with Crippen molar-refractivity contribution in [3.05, 3.63) is 0 Å². The second kappa shape index (κ2) is 2.51. The molecule has 1 N–H and O–H groups in total.